The zero-order chi connectivity index (χ0) is 20.8. The number of hydrogen-bond acceptors (Lipinski definition) is 4. The monoisotopic (exact) mass is 393 g/mol. The van der Waals surface area contributed by atoms with Gasteiger partial charge in [-0.2, -0.15) is 0 Å². The van der Waals surface area contributed by atoms with Crippen molar-refractivity contribution in [1.82, 2.24) is 10.2 Å². The minimum atomic E-state index is -0.361. The van der Waals surface area contributed by atoms with Gasteiger partial charge in [-0.1, -0.05) is 29.8 Å². The second-order valence-corrected chi connectivity index (χ2v) is 7.09. The van der Waals surface area contributed by atoms with Crippen LogP contribution in [0.15, 0.2) is 54.1 Å². The number of rotatable bonds is 6. The Hall–Kier alpha value is -2.99. The molecule has 2 aromatic rings. The molecule has 1 aliphatic rings. The number of hydrogen-bond donors (Lipinski definition) is 1. The number of non-ortho nitro benzene ring substituents is 1. The molecule has 152 valence electrons. The van der Waals surface area contributed by atoms with Crippen molar-refractivity contribution in [3.63, 3.8) is 0 Å². The van der Waals surface area contributed by atoms with Crippen LogP contribution in [0.5, 0.6) is 0 Å². The van der Waals surface area contributed by atoms with Gasteiger partial charge in [-0.3, -0.25) is 14.9 Å². The molecule has 6 heteroatoms. The molecule has 6 nitrogen and oxygen atoms in total. The number of nitro groups is 1. The van der Waals surface area contributed by atoms with Crippen LogP contribution in [0, 0.1) is 10.1 Å². The molecule has 0 spiro atoms. The molecule has 1 N–H and O–H groups in total. The summed E-state index contributed by atoms with van der Waals surface area (Å²) in [6, 6.07) is 14.4. The average Bonchev–Trinajstić information content (AvgIpc) is 2.76. The molecular formula is C23H27N3O3. The van der Waals surface area contributed by atoms with E-state index >= 15 is 0 Å². The van der Waals surface area contributed by atoms with Gasteiger partial charge in [0.25, 0.3) is 11.6 Å². The Labute approximate surface area is 171 Å². The summed E-state index contributed by atoms with van der Waals surface area (Å²) in [5.74, 6) is 0.0213. The van der Waals surface area contributed by atoms with Gasteiger partial charge >= 0.3 is 0 Å². The van der Waals surface area contributed by atoms with Gasteiger partial charge in [0.15, 0.2) is 0 Å². The molecule has 1 amide bonds. The van der Waals surface area contributed by atoms with Gasteiger partial charge in [-0.25, -0.2) is 0 Å². The van der Waals surface area contributed by atoms with Crippen LogP contribution in [0.1, 0.15) is 48.2 Å². The second-order valence-electron chi connectivity index (χ2n) is 7.09. The third-order valence-electron chi connectivity index (χ3n) is 5.38. The fourth-order valence-electron chi connectivity index (χ4n) is 3.80. The van der Waals surface area contributed by atoms with E-state index < -0.39 is 0 Å². The van der Waals surface area contributed by atoms with Crippen molar-refractivity contribution < 1.29 is 9.72 Å². The van der Waals surface area contributed by atoms with Crippen molar-refractivity contribution in [3.05, 3.63) is 80.9 Å². The summed E-state index contributed by atoms with van der Waals surface area (Å²) in [6.07, 6.45) is 1.80. The van der Waals surface area contributed by atoms with Crippen molar-refractivity contribution in [2.75, 3.05) is 26.2 Å². The third-order valence-corrected chi connectivity index (χ3v) is 5.38. The predicted molar refractivity (Wildman–Crippen MR) is 115 cm³/mol. The van der Waals surface area contributed by atoms with Crippen LogP contribution in [0.2, 0.25) is 0 Å². The fraction of sp³-hybridized carbons (Fsp3) is 0.348. The lowest BCUT2D eigenvalue weighted by Gasteiger charge is -2.22. The largest absolute Gasteiger partial charge is 0.339 e. The molecule has 0 atom stereocenters. The Bertz CT molecular complexity index is 907. The van der Waals surface area contributed by atoms with Crippen LogP contribution in [0.3, 0.4) is 0 Å². The SMILES string of the molecule is CCN(CC)C(=O)c1ccc(C(=C2CCNCC2)c2cccc([N+](=O)[O-])c2)cc1. The number of carbonyl (C=O) groups excluding carboxylic acids is 1. The summed E-state index contributed by atoms with van der Waals surface area (Å²) in [7, 11) is 0. The topological polar surface area (TPSA) is 75.5 Å². The second kappa shape index (κ2) is 9.47. The van der Waals surface area contributed by atoms with E-state index in [0.717, 1.165) is 42.6 Å². The third kappa shape index (κ3) is 4.71. The van der Waals surface area contributed by atoms with Crippen LogP contribution >= 0.6 is 0 Å². The number of carbonyl (C=O) groups is 1. The number of nitrogens with zero attached hydrogens (tertiary/aromatic N) is 2. The van der Waals surface area contributed by atoms with Crippen LogP contribution in [0.4, 0.5) is 5.69 Å². The molecule has 3 rings (SSSR count). The van der Waals surface area contributed by atoms with Crippen LogP contribution in [-0.4, -0.2) is 41.9 Å². The molecule has 0 bridgehead atoms. The summed E-state index contributed by atoms with van der Waals surface area (Å²) in [4.78, 5) is 25.3. The number of piperidine rings is 1. The van der Waals surface area contributed by atoms with Crippen molar-refractivity contribution in [2.45, 2.75) is 26.7 Å². The van der Waals surface area contributed by atoms with Gasteiger partial charge < -0.3 is 10.2 Å². The standard InChI is InChI=1S/C23H27N3O3/c1-3-25(4-2)23(27)19-10-8-17(9-11-19)22(18-12-14-24-15-13-18)20-6-5-7-21(16-20)26(28)29/h5-11,16,24H,3-4,12-15H2,1-2H3. The summed E-state index contributed by atoms with van der Waals surface area (Å²) in [5.41, 5.74) is 4.90. The van der Waals surface area contributed by atoms with Gasteiger partial charge in [-0.05, 0) is 68.6 Å². The molecule has 0 radical (unpaired) electrons. The first-order chi connectivity index (χ1) is 14.0. The molecule has 29 heavy (non-hydrogen) atoms. The first kappa shape index (κ1) is 20.7. The van der Waals surface area contributed by atoms with Crippen molar-refractivity contribution in [1.29, 1.82) is 0 Å². The molecule has 1 saturated heterocycles. The highest BCUT2D eigenvalue weighted by Crippen LogP contribution is 2.33. The summed E-state index contributed by atoms with van der Waals surface area (Å²) in [6.45, 7) is 7.08. The van der Waals surface area contributed by atoms with Gasteiger partial charge in [0.2, 0.25) is 0 Å². The van der Waals surface area contributed by atoms with E-state index in [1.54, 1.807) is 17.0 Å². The molecule has 1 aliphatic heterocycles. The number of benzene rings is 2. The fourth-order valence-corrected chi connectivity index (χ4v) is 3.80. The molecule has 2 aromatic carbocycles. The summed E-state index contributed by atoms with van der Waals surface area (Å²) in [5, 5.41) is 14.6. The highest BCUT2D eigenvalue weighted by molar-refractivity contribution is 5.95. The van der Waals surface area contributed by atoms with Gasteiger partial charge in [-0.15, -0.1) is 0 Å². The highest BCUT2D eigenvalue weighted by atomic mass is 16.6. The van der Waals surface area contributed by atoms with E-state index in [1.165, 1.54) is 11.6 Å². The first-order valence-corrected chi connectivity index (χ1v) is 10.1. The molecule has 0 saturated carbocycles. The van der Waals surface area contributed by atoms with Gasteiger partial charge in [0, 0.05) is 30.8 Å². The Morgan fingerprint density at radius 3 is 2.21 bits per heavy atom. The normalized spacial score (nSPS) is 13.8. The Kier molecular flexibility index (Phi) is 6.77. The number of amides is 1. The number of nitro benzene ring substituents is 1. The summed E-state index contributed by atoms with van der Waals surface area (Å²) >= 11 is 0. The minimum absolute atomic E-state index is 0.0213. The molecule has 1 fully saturated rings. The van der Waals surface area contributed by atoms with Crippen molar-refractivity contribution in [2.24, 2.45) is 0 Å². The maximum Gasteiger partial charge on any atom is 0.270 e. The Morgan fingerprint density at radius 2 is 1.62 bits per heavy atom. The van der Waals surface area contributed by atoms with Gasteiger partial charge in [0.1, 0.15) is 0 Å². The maximum atomic E-state index is 12.6. The smallest absolute Gasteiger partial charge is 0.270 e. The van der Waals surface area contributed by atoms with Crippen LogP contribution in [0.25, 0.3) is 5.57 Å². The molecule has 0 unspecified atom stereocenters. The van der Waals surface area contributed by atoms with E-state index in [2.05, 4.69) is 5.32 Å². The first-order valence-electron chi connectivity index (χ1n) is 10.1. The van der Waals surface area contributed by atoms with E-state index in [1.807, 2.05) is 44.2 Å². The quantitative estimate of drug-likeness (QED) is 0.588. The lowest BCUT2D eigenvalue weighted by atomic mass is 9.88. The van der Waals surface area contributed by atoms with Crippen LogP contribution < -0.4 is 5.32 Å². The zero-order valence-corrected chi connectivity index (χ0v) is 17.0. The lowest BCUT2D eigenvalue weighted by Crippen LogP contribution is -2.30. The predicted octanol–water partition coefficient (Wildman–Crippen LogP) is 4.26. The molecular weight excluding hydrogens is 366 g/mol. The number of nitrogens with one attached hydrogen (secondary N) is 1. The summed E-state index contributed by atoms with van der Waals surface area (Å²) < 4.78 is 0. The average molecular weight is 393 g/mol. The van der Waals surface area contributed by atoms with E-state index in [4.69, 9.17) is 0 Å². The highest BCUT2D eigenvalue weighted by Gasteiger charge is 2.18. The van der Waals surface area contributed by atoms with Crippen LogP contribution in [-0.2, 0) is 0 Å². The lowest BCUT2D eigenvalue weighted by molar-refractivity contribution is -0.384. The Morgan fingerprint density at radius 1 is 1.00 bits per heavy atom. The van der Waals surface area contributed by atoms with Crippen molar-refractivity contribution >= 4 is 17.2 Å². The zero-order valence-electron chi connectivity index (χ0n) is 17.0. The molecule has 0 aliphatic carbocycles. The Balaban J connectivity index is 2.03. The minimum Gasteiger partial charge on any atom is -0.339 e. The van der Waals surface area contributed by atoms with E-state index in [9.17, 15) is 14.9 Å². The van der Waals surface area contributed by atoms with E-state index in [0.29, 0.717) is 18.7 Å². The maximum absolute atomic E-state index is 12.6. The molecule has 0 aromatic heterocycles. The molecule has 1 heterocycles. The van der Waals surface area contributed by atoms with Gasteiger partial charge in [0.05, 0.1) is 4.92 Å². The van der Waals surface area contributed by atoms with Crippen molar-refractivity contribution in [3.8, 4) is 0 Å². The van der Waals surface area contributed by atoms with E-state index in [-0.39, 0.29) is 16.5 Å².